The van der Waals surface area contributed by atoms with E-state index in [1.165, 1.54) is 180 Å². The summed E-state index contributed by atoms with van der Waals surface area (Å²) in [5, 5.41) is 25.7. The Balaban J connectivity index is 1.03. The molecule has 4 heterocycles. The zero-order valence-corrected chi connectivity index (χ0v) is 41.6. The van der Waals surface area contributed by atoms with Crippen LogP contribution in [0.1, 0.15) is 0 Å². The fourth-order valence-electron chi connectivity index (χ4n) is 15.0. The van der Waals surface area contributed by atoms with E-state index in [1.807, 2.05) is 0 Å². The number of aromatic nitrogens is 2. The van der Waals surface area contributed by atoms with Crippen LogP contribution in [0.25, 0.3) is 163 Å². The fraction of sp³-hybridized carbons (Fsp3) is 0. The number of hydrogen-bond acceptors (Lipinski definition) is 0. The Kier molecular flexibility index (Phi) is 7.59. The summed E-state index contributed by atoms with van der Waals surface area (Å²) in [6.45, 7) is -0.0997. The van der Waals surface area contributed by atoms with Crippen LogP contribution in [0.3, 0.4) is 0 Å². The monoisotopic (exact) mass is 968 g/mol. The number of rotatable bonds is 2. The van der Waals surface area contributed by atoms with Gasteiger partial charge in [0.05, 0.1) is 16.6 Å². The number of fused-ring (bicyclic) bond motifs is 26. The van der Waals surface area contributed by atoms with Crippen LogP contribution in [0.2, 0.25) is 0 Å². The average molecular weight is 969 g/mol. The van der Waals surface area contributed by atoms with Crippen molar-refractivity contribution in [1.82, 2.24) is 9.13 Å². The number of benzene rings is 15. The molecule has 0 saturated carbocycles. The topological polar surface area (TPSA) is 9.86 Å². The van der Waals surface area contributed by atoms with E-state index in [0.29, 0.717) is 0 Å². The highest BCUT2D eigenvalue weighted by Crippen LogP contribution is 2.48. The molecule has 15 aromatic carbocycles. The van der Waals surface area contributed by atoms with Crippen molar-refractivity contribution < 1.29 is 0 Å². The lowest BCUT2D eigenvalue weighted by Gasteiger charge is -2.35. The van der Waals surface area contributed by atoms with Crippen molar-refractivity contribution in [3.8, 4) is 33.6 Å². The Morgan fingerprint density at radius 1 is 0.234 bits per heavy atom. The van der Waals surface area contributed by atoms with E-state index in [4.69, 9.17) is 0 Å². The quantitative estimate of drug-likeness (QED) is 0.121. The minimum absolute atomic E-state index is 0.0997. The molecule has 0 saturated heterocycles. The molecule has 0 N–H and O–H groups in total. The molecule has 0 amide bonds. The van der Waals surface area contributed by atoms with Gasteiger partial charge in [0.1, 0.15) is 0 Å². The van der Waals surface area contributed by atoms with Gasteiger partial charge < -0.3 is 9.13 Å². The summed E-state index contributed by atoms with van der Waals surface area (Å²) < 4.78 is 5.31. The molecule has 0 bridgehead atoms. The molecule has 0 atom stereocenters. The second-order valence-electron chi connectivity index (χ2n) is 21.8. The van der Waals surface area contributed by atoms with Crippen molar-refractivity contribution in [1.29, 1.82) is 0 Å². The summed E-state index contributed by atoms with van der Waals surface area (Å²) in [5.74, 6) is 0. The van der Waals surface area contributed by atoms with Gasteiger partial charge in [-0.2, -0.15) is 0 Å². The molecule has 2 aliphatic heterocycles. The third-order valence-electron chi connectivity index (χ3n) is 18.1. The Bertz CT molecular complexity index is 5560. The van der Waals surface area contributed by atoms with E-state index in [2.05, 4.69) is 258 Å². The first-order chi connectivity index (χ1) is 38.2. The van der Waals surface area contributed by atoms with Crippen LogP contribution >= 0.6 is 0 Å². The van der Waals surface area contributed by atoms with Gasteiger partial charge in [-0.3, -0.25) is 0 Å². The van der Waals surface area contributed by atoms with Crippen LogP contribution in [0, 0.1) is 0 Å². The van der Waals surface area contributed by atoms with Crippen molar-refractivity contribution in [2.75, 3.05) is 0 Å². The first-order valence-electron chi connectivity index (χ1n) is 27.0. The first kappa shape index (κ1) is 40.4. The summed E-state index contributed by atoms with van der Waals surface area (Å²) in [4.78, 5) is 0. The lowest BCUT2D eigenvalue weighted by Crippen LogP contribution is -2.59. The molecule has 0 fully saturated rings. The number of nitrogens with zero attached hydrogens (tertiary/aromatic N) is 2. The summed E-state index contributed by atoms with van der Waals surface area (Å²) >= 11 is 0. The van der Waals surface area contributed by atoms with E-state index in [9.17, 15) is 0 Å². The minimum Gasteiger partial charge on any atom is -0.310 e. The SMILES string of the molecule is c1cc2c3c(c1)-n1c4ccc5c6ccccc6c6ccccc6c5c4c4cc5c6ccccc6c6ccccc6c5c(c41)B3c1cc(-c3ccc4ccccc4c3)cc3c4cc(-c5ccc6ccccc6c5)ccc4n-2c13. The van der Waals surface area contributed by atoms with Gasteiger partial charge in [0, 0.05) is 43.8 Å². The predicted molar refractivity (Wildman–Crippen MR) is 331 cm³/mol. The smallest absolute Gasteiger partial charge is 0.253 e. The zero-order valence-electron chi connectivity index (χ0n) is 41.6. The summed E-state index contributed by atoms with van der Waals surface area (Å²) in [6, 6.07) is 94.8. The van der Waals surface area contributed by atoms with Gasteiger partial charge in [-0.25, -0.2) is 0 Å². The first-order valence-corrected chi connectivity index (χ1v) is 27.0. The van der Waals surface area contributed by atoms with Crippen LogP contribution in [-0.4, -0.2) is 15.8 Å². The molecule has 0 aliphatic carbocycles. The number of hydrogen-bond donors (Lipinski definition) is 0. The molecule has 0 unspecified atom stereocenters. The molecule has 2 aliphatic rings. The van der Waals surface area contributed by atoms with Gasteiger partial charge in [-0.15, -0.1) is 0 Å². The lowest BCUT2D eigenvalue weighted by molar-refractivity contribution is 1.14. The predicted octanol–water partition coefficient (Wildman–Crippen LogP) is 17.6. The third-order valence-corrected chi connectivity index (χ3v) is 18.1. The molecule has 2 nitrogen and oxygen atoms in total. The lowest BCUT2D eigenvalue weighted by atomic mass is 9.33. The summed E-state index contributed by atoms with van der Waals surface area (Å²) in [7, 11) is 0. The van der Waals surface area contributed by atoms with Gasteiger partial charge in [0.2, 0.25) is 0 Å². The van der Waals surface area contributed by atoms with Crippen LogP contribution in [0.4, 0.5) is 0 Å². The van der Waals surface area contributed by atoms with Crippen molar-refractivity contribution in [3.05, 3.63) is 249 Å². The second-order valence-corrected chi connectivity index (χ2v) is 21.8. The summed E-state index contributed by atoms with van der Waals surface area (Å²) in [6.07, 6.45) is 0. The highest BCUT2D eigenvalue weighted by atomic mass is 15.0. The maximum atomic E-state index is 2.68. The van der Waals surface area contributed by atoms with E-state index in [0.717, 1.165) is 0 Å². The van der Waals surface area contributed by atoms with Crippen LogP contribution in [0.15, 0.2) is 249 Å². The van der Waals surface area contributed by atoms with Crippen molar-refractivity contribution >= 4 is 153 Å². The molecule has 17 aromatic rings. The standard InChI is InChI=1S/C74H41BN2/c1-3-16-44-36-46(30-28-42(44)14-1)48-32-34-64-59(38-48)61-39-49(47-31-29-43-15-2-4-17-45(43)37-47)40-63-73(61)76(64)66-26-13-27-67-71(66)75(63)72-69-57-25-12-10-21-53(57)51-19-6-8-23-55(51)60(69)41-62-70-65(77(67)74(62)72)35-33-58-54-22-7-5-18-50(54)52-20-9-11-24-56(52)68(58)70/h1-41H. The molecule has 19 rings (SSSR count). The molecule has 0 spiro atoms. The van der Waals surface area contributed by atoms with Crippen LogP contribution < -0.4 is 16.4 Å². The van der Waals surface area contributed by atoms with Gasteiger partial charge in [0.15, 0.2) is 0 Å². The molecule has 350 valence electrons. The Morgan fingerprint density at radius 3 is 1.34 bits per heavy atom. The van der Waals surface area contributed by atoms with Gasteiger partial charge >= 0.3 is 0 Å². The van der Waals surface area contributed by atoms with E-state index >= 15 is 0 Å². The molecular formula is C74H41BN2. The van der Waals surface area contributed by atoms with Crippen LogP contribution in [-0.2, 0) is 0 Å². The third kappa shape index (κ3) is 5.12. The maximum Gasteiger partial charge on any atom is 0.253 e. The van der Waals surface area contributed by atoms with Crippen molar-refractivity contribution in [3.63, 3.8) is 0 Å². The van der Waals surface area contributed by atoms with E-state index in [1.54, 1.807) is 0 Å². The van der Waals surface area contributed by atoms with Crippen molar-refractivity contribution in [2.24, 2.45) is 0 Å². The Morgan fingerprint density at radius 2 is 0.701 bits per heavy atom. The second kappa shape index (κ2) is 14.5. The highest BCUT2D eigenvalue weighted by Gasteiger charge is 2.43. The van der Waals surface area contributed by atoms with Gasteiger partial charge in [0.25, 0.3) is 6.71 Å². The molecular weight excluding hydrogens is 928 g/mol. The van der Waals surface area contributed by atoms with Gasteiger partial charge in [-0.05, 0) is 174 Å². The molecule has 2 aromatic heterocycles. The Labute approximate surface area is 441 Å². The Hall–Kier alpha value is -9.96. The van der Waals surface area contributed by atoms with Crippen molar-refractivity contribution in [2.45, 2.75) is 0 Å². The van der Waals surface area contributed by atoms with Gasteiger partial charge in [-0.1, -0.05) is 194 Å². The fourth-order valence-corrected chi connectivity index (χ4v) is 15.0. The average Bonchev–Trinajstić information content (AvgIpc) is 4.26. The molecule has 77 heavy (non-hydrogen) atoms. The van der Waals surface area contributed by atoms with E-state index < -0.39 is 0 Å². The maximum absolute atomic E-state index is 2.68. The minimum atomic E-state index is -0.0997. The highest BCUT2D eigenvalue weighted by molar-refractivity contribution is 7.02. The van der Waals surface area contributed by atoms with Crippen LogP contribution in [0.5, 0.6) is 0 Å². The van der Waals surface area contributed by atoms with E-state index in [-0.39, 0.29) is 6.71 Å². The molecule has 3 heteroatoms. The normalized spacial score (nSPS) is 12.9. The molecule has 0 radical (unpaired) electrons. The zero-order chi connectivity index (χ0) is 49.8. The largest absolute Gasteiger partial charge is 0.310 e. The summed E-state index contributed by atoms with van der Waals surface area (Å²) in [5.41, 5.74) is 16.5.